The number of aliphatic hydroxyl groups is 1. The van der Waals surface area contributed by atoms with Crippen LogP contribution in [0.15, 0.2) is 90.8 Å². The molecule has 0 saturated heterocycles. The lowest BCUT2D eigenvalue weighted by Gasteiger charge is -2.19. The maximum absolute atomic E-state index is 13.3. The third kappa shape index (κ3) is 8.70. The second-order valence-corrected chi connectivity index (χ2v) is 10.6. The molecular formula is C33H36N2O7. The lowest BCUT2D eigenvalue weighted by Crippen LogP contribution is -2.34. The fraction of sp³-hybridized carbons (Fsp3) is 0.273. The van der Waals surface area contributed by atoms with Crippen LogP contribution in [0.4, 0.5) is 0 Å². The molecule has 0 aliphatic rings. The highest BCUT2D eigenvalue weighted by Gasteiger charge is 2.21. The highest BCUT2D eigenvalue weighted by atomic mass is 16.6. The minimum absolute atomic E-state index is 0.0356. The van der Waals surface area contributed by atoms with Gasteiger partial charge in [0.1, 0.15) is 30.2 Å². The molecule has 1 atom stereocenters. The van der Waals surface area contributed by atoms with Crippen molar-refractivity contribution < 1.29 is 33.6 Å². The summed E-state index contributed by atoms with van der Waals surface area (Å²) >= 11 is 0. The zero-order chi connectivity index (χ0) is 30.1. The highest BCUT2D eigenvalue weighted by Crippen LogP contribution is 2.28. The molecule has 0 radical (unpaired) electrons. The fourth-order valence-electron chi connectivity index (χ4n) is 4.23. The van der Waals surface area contributed by atoms with E-state index in [1.807, 2.05) is 93.6 Å². The molecule has 0 saturated carbocycles. The first-order valence-electron chi connectivity index (χ1n) is 13.5. The third-order valence-corrected chi connectivity index (χ3v) is 6.10. The van der Waals surface area contributed by atoms with E-state index < -0.39 is 24.0 Å². The van der Waals surface area contributed by atoms with Gasteiger partial charge in [-0.25, -0.2) is 4.79 Å². The van der Waals surface area contributed by atoms with E-state index in [9.17, 15) is 14.7 Å². The summed E-state index contributed by atoms with van der Waals surface area (Å²) in [5.41, 5.74) is 2.30. The Morgan fingerprint density at radius 2 is 1.60 bits per heavy atom. The molecule has 2 N–H and O–H groups in total. The number of hydrogen-bond donors (Lipinski definition) is 2. The number of benzene rings is 3. The number of nitrogens with one attached hydrogen (secondary N) is 1. The van der Waals surface area contributed by atoms with Crippen molar-refractivity contribution in [2.75, 3.05) is 7.11 Å². The Kier molecular flexibility index (Phi) is 10.0. The maximum Gasteiger partial charge on any atom is 0.354 e. The van der Waals surface area contributed by atoms with Crippen LogP contribution >= 0.6 is 0 Å². The number of fused-ring (bicyclic) bond motifs is 1. The van der Waals surface area contributed by atoms with Gasteiger partial charge in [0, 0.05) is 22.7 Å². The summed E-state index contributed by atoms with van der Waals surface area (Å²) in [5.74, 6) is -0.507. The molecule has 220 valence electrons. The van der Waals surface area contributed by atoms with Gasteiger partial charge in [0.2, 0.25) is 6.41 Å². The highest BCUT2D eigenvalue weighted by molar-refractivity contribution is 5.98. The Hall–Kier alpha value is -4.60. The van der Waals surface area contributed by atoms with Gasteiger partial charge < -0.3 is 33.9 Å². The number of nitrogens with zero attached hydrogens (tertiary/aromatic N) is 1. The van der Waals surface area contributed by atoms with Gasteiger partial charge in [-0.2, -0.15) is 0 Å². The minimum Gasteiger partial charge on any atom is -0.497 e. The van der Waals surface area contributed by atoms with Gasteiger partial charge in [-0.3, -0.25) is 4.79 Å². The van der Waals surface area contributed by atoms with Crippen molar-refractivity contribution in [3.05, 3.63) is 107 Å². The fourth-order valence-corrected chi connectivity index (χ4v) is 4.23. The van der Waals surface area contributed by atoms with Crippen molar-refractivity contribution in [3.63, 3.8) is 0 Å². The third-order valence-electron chi connectivity index (χ3n) is 6.10. The van der Waals surface area contributed by atoms with Gasteiger partial charge in [0.05, 0.1) is 13.7 Å². The van der Waals surface area contributed by atoms with Crippen LogP contribution in [0.25, 0.3) is 17.0 Å². The first-order valence-corrected chi connectivity index (χ1v) is 13.5. The molecule has 4 aromatic rings. The van der Waals surface area contributed by atoms with Crippen LogP contribution < -0.4 is 10.1 Å². The lowest BCUT2D eigenvalue weighted by molar-refractivity contribution is -0.155. The summed E-state index contributed by atoms with van der Waals surface area (Å²) in [6.45, 7) is 5.53. The summed E-state index contributed by atoms with van der Waals surface area (Å²) in [7, 11) is 1.56. The molecule has 0 aliphatic heterocycles. The standard InChI is InChI=1S/C33H36N2O7/c1-33(2,3)42-30(36)20-35-19-25(27-18-26(39-4)15-16-29(27)35)17-28(31(37)40-21-23-11-7-5-8-12-23)34-32(38)41-22-24-13-9-6-10-14-24/h5-19,32,34,38H,20-22H2,1-4H3/b28-17+. The van der Waals surface area contributed by atoms with Crippen LogP contribution in [0, 0.1) is 0 Å². The van der Waals surface area contributed by atoms with Gasteiger partial charge in [-0.1, -0.05) is 60.7 Å². The Bertz CT molecular complexity index is 1520. The molecule has 9 heteroatoms. The molecule has 9 nitrogen and oxygen atoms in total. The van der Waals surface area contributed by atoms with Crippen LogP contribution in [-0.4, -0.2) is 40.7 Å². The zero-order valence-corrected chi connectivity index (χ0v) is 24.2. The van der Waals surface area contributed by atoms with E-state index in [1.54, 1.807) is 30.0 Å². The zero-order valence-electron chi connectivity index (χ0n) is 24.2. The normalized spacial score (nSPS) is 12.5. The number of carbonyl (C=O) groups excluding carboxylic acids is 2. The molecule has 0 bridgehead atoms. The van der Waals surface area contributed by atoms with E-state index in [2.05, 4.69) is 5.32 Å². The number of methoxy groups -OCH3 is 1. The van der Waals surface area contributed by atoms with E-state index in [4.69, 9.17) is 18.9 Å². The van der Waals surface area contributed by atoms with E-state index >= 15 is 0 Å². The SMILES string of the molecule is COc1ccc2c(c1)c(/C=C(/NC(O)OCc1ccccc1)C(=O)OCc1ccccc1)cn2CC(=O)OC(C)(C)C. The first-order chi connectivity index (χ1) is 20.1. The van der Waals surface area contributed by atoms with Gasteiger partial charge in [0.15, 0.2) is 0 Å². The number of esters is 2. The van der Waals surface area contributed by atoms with Crippen molar-refractivity contribution in [3.8, 4) is 5.75 Å². The van der Waals surface area contributed by atoms with Crippen LogP contribution in [0.5, 0.6) is 5.75 Å². The van der Waals surface area contributed by atoms with E-state index in [1.165, 1.54) is 0 Å². The van der Waals surface area contributed by atoms with Crippen LogP contribution in [0.1, 0.15) is 37.5 Å². The summed E-state index contributed by atoms with van der Waals surface area (Å²) in [5, 5.41) is 14.1. The van der Waals surface area contributed by atoms with Crippen molar-refractivity contribution in [2.45, 2.75) is 52.5 Å². The molecular weight excluding hydrogens is 536 g/mol. The van der Waals surface area contributed by atoms with Crippen molar-refractivity contribution in [1.82, 2.24) is 9.88 Å². The lowest BCUT2D eigenvalue weighted by atomic mass is 10.1. The topological polar surface area (TPSA) is 108 Å². The number of rotatable bonds is 12. The van der Waals surface area contributed by atoms with Gasteiger partial charge in [-0.05, 0) is 56.2 Å². The average Bonchev–Trinajstić information content (AvgIpc) is 3.30. The summed E-state index contributed by atoms with van der Waals surface area (Å²) in [6.07, 6.45) is 1.78. The summed E-state index contributed by atoms with van der Waals surface area (Å²) in [4.78, 5) is 26.0. The van der Waals surface area contributed by atoms with Gasteiger partial charge in [-0.15, -0.1) is 0 Å². The molecule has 0 amide bonds. The maximum atomic E-state index is 13.3. The molecule has 1 heterocycles. The molecule has 0 spiro atoms. The number of aromatic nitrogens is 1. The number of ether oxygens (including phenoxy) is 4. The van der Waals surface area contributed by atoms with Crippen LogP contribution in [-0.2, 0) is 43.6 Å². The van der Waals surface area contributed by atoms with E-state index in [0.717, 1.165) is 16.6 Å². The Labute approximate surface area is 245 Å². The van der Waals surface area contributed by atoms with Crippen molar-refractivity contribution in [1.29, 1.82) is 0 Å². The molecule has 42 heavy (non-hydrogen) atoms. The molecule has 0 aliphatic carbocycles. The summed E-state index contributed by atoms with van der Waals surface area (Å²) in [6, 6.07) is 24.0. The first kappa shape index (κ1) is 30.4. The second kappa shape index (κ2) is 13.8. The Balaban J connectivity index is 1.65. The van der Waals surface area contributed by atoms with E-state index in [0.29, 0.717) is 16.7 Å². The number of carbonyl (C=O) groups is 2. The second-order valence-electron chi connectivity index (χ2n) is 10.6. The van der Waals surface area contributed by atoms with E-state index in [-0.39, 0.29) is 25.5 Å². The van der Waals surface area contributed by atoms with Gasteiger partial charge >= 0.3 is 11.9 Å². The monoisotopic (exact) mass is 572 g/mol. The minimum atomic E-state index is -1.51. The smallest absolute Gasteiger partial charge is 0.354 e. The molecule has 4 rings (SSSR count). The predicted molar refractivity (Wildman–Crippen MR) is 159 cm³/mol. The van der Waals surface area contributed by atoms with Crippen LogP contribution in [0.2, 0.25) is 0 Å². The Morgan fingerprint density at radius 3 is 2.21 bits per heavy atom. The van der Waals surface area contributed by atoms with Crippen LogP contribution in [0.3, 0.4) is 0 Å². The van der Waals surface area contributed by atoms with Crippen molar-refractivity contribution in [2.24, 2.45) is 0 Å². The summed E-state index contributed by atoms with van der Waals surface area (Å²) < 4.78 is 23.8. The van der Waals surface area contributed by atoms with Gasteiger partial charge in [0.25, 0.3) is 0 Å². The molecule has 0 fully saturated rings. The quantitative estimate of drug-likeness (QED) is 0.136. The van der Waals surface area contributed by atoms with Crippen molar-refractivity contribution >= 4 is 28.9 Å². The Morgan fingerprint density at radius 1 is 0.952 bits per heavy atom. The number of aliphatic hydroxyl groups excluding tert-OH is 1. The molecule has 3 aromatic carbocycles. The molecule has 1 unspecified atom stereocenters. The average molecular weight is 573 g/mol. The largest absolute Gasteiger partial charge is 0.497 e. The number of hydrogen-bond acceptors (Lipinski definition) is 8. The predicted octanol–water partition coefficient (Wildman–Crippen LogP) is 5.16. The molecule has 1 aromatic heterocycles.